The van der Waals surface area contributed by atoms with Gasteiger partial charge in [0.1, 0.15) is 0 Å². The van der Waals surface area contributed by atoms with Crippen molar-refractivity contribution in [2.75, 3.05) is 0 Å². The molecule has 0 amide bonds. The van der Waals surface area contributed by atoms with Crippen molar-refractivity contribution in [3.05, 3.63) is 57.4 Å². The molecule has 0 bridgehead atoms. The number of rotatable bonds is 5. The molecular weight excluding hydrogens is 368 g/mol. The highest BCUT2D eigenvalue weighted by Gasteiger charge is 2.35. The van der Waals surface area contributed by atoms with Crippen molar-refractivity contribution in [3.8, 4) is 0 Å². The predicted molar refractivity (Wildman–Crippen MR) is 105 cm³/mol. The summed E-state index contributed by atoms with van der Waals surface area (Å²) in [7, 11) is -3.64. The first-order valence-electron chi connectivity index (χ1n) is 8.81. The Balaban J connectivity index is 1.85. The predicted octanol–water partition coefficient (Wildman–Crippen LogP) is 3.67. The summed E-state index contributed by atoms with van der Waals surface area (Å²) in [6, 6.07) is 9.83. The van der Waals surface area contributed by atoms with Crippen LogP contribution in [0.1, 0.15) is 43.0 Å². The van der Waals surface area contributed by atoms with Gasteiger partial charge >= 0.3 is 0 Å². The molecule has 5 nitrogen and oxygen atoms in total. The van der Waals surface area contributed by atoms with E-state index in [4.69, 9.17) is 0 Å². The zero-order valence-electron chi connectivity index (χ0n) is 15.0. The minimum absolute atomic E-state index is 0.240. The molecule has 140 valence electrons. The van der Waals surface area contributed by atoms with Gasteiger partial charge in [0.05, 0.1) is 15.8 Å². The highest BCUT2D eigenvalue weighted by atomic mass is 32.2. The lowest BCUT2D eigenvalue weighted by atomic mass is 9.91. The molecule has 2 atom stereocenters. The second-order valence-electron chi connectivity index (χ2n) is 6.78. The van der Waals surface area contributed by atoms with Crippen molar-refractivity contribution in [2.45, 2.75) is 56.5 Å². The minimum Gasteiger partial charge on any atom is -0.623 e. The maximum atomic E-state index is 12.9. The largest absolute Gasteiger partial charge is 0.623 e. The Morgan fingerprint density at radius 1 is 1.19 bits per heavy atom. The third-order valence-corrected chi connectivity index (χ3v) is 7.36. The Labute approximate surface area is 159 Å². The number of hydroxylamine groups is 1. The van der Waals surface area contributed by atoms with E-state index >= 15 is 0 Å². The van der Waals surface area contributed by atoms with Gasteiger partial charge in [0.2, 0.25) is 15.7 Å². The molecule has 0 radical (unpaired) electrons. The molecule has 3 rings (SSSR count). The zero-order valence-corrected chi connectivity index (χ0v) is 16.6. The quantitative estimate of drug-likeness (QED) is 0.365. The monoisotopic (exact) mass is 392 g/mol. The zero-order chi connectivity index (χ0) is 18.7. The van der Waals surface area contributed by atoms with Crippen molar-refractivity contribution >= 4 is 27.1 Å². The van der Waals surface area contributed by atoms with E-state index in [1.54, 1.807) is 31.2 Å². The van der Waals surface area contributed by atoms with Gasteiger partial charge in [-0.25, -0.2) is 17.9 Å². The maximum absolute atomic E-state index is 12.9. The molecular formula is C19H24N2O3S2. The fraction of sp³-hybridized carbons (Fsp3) is 0.421. The number of sulfonamides is 1. The molecule has 1 aromatic heterocycles. The van der Waals surface area contributed by atoms with Crippen LogP contribution in [0.25, 0.3) is 0 Å². The third-order valence-electron chi connectivity index (χ3n) is 4.88. The molecule has 1 aliphatic carbocycles. The first kappa shape index (κ1) is 19.1. The summed E-state index contributed by atoms with van der Waals surface area (Å²) in [5, 5.41) is 14.9. The van der Waals surface area contributed by atoms with Crippen molar-refractivity contribution in [2.24, 2.45) is 0 Å². The summed E-state index contributed by atoms with van der Waals surface area (Å²) in [6.45, 7) is 3.72. The molecule has 1 heterocycles. The fourth-order valence-corrected chi connectivity index (χ4v) is 5.38. The summed E-state index contributed by atoms with van der Waals surface area (Å²) in [5.74, 6) is 0. The average Bonchev–Trinajstić information content (AvgIpc) is 3.15. The van der Waals surface area contributed by atoms with Crippen molar-refractivity contribution in [3.63, 3.8) is 0 Å². The standard InChI is InChI=1S/C19H24N2O3S2/c1-14-9-11-16(12-10-14)26(23,24)20-17-6-3-4-7-18(17)21(22)15(2)19-8-5-13-25-19/h5,8-13,17-18,20H,3-4,6-7H2,1-2H3/b21-15-/t17-,18-/m1/s1. The van der Waals surface area contributed by atoms with E-state index in [1.807, 2.05) is 24.4 Å². The van der Waals surface area contributed by atoms with Gasteiger partial charge < -0.3 is 5.21 Å². The lowest BCUT2D eigenvalue weighted by molar-refractivity contribution is -0.508. The second kappa shape index (κ2) is 7.90. The molecule has 0 spiro atoms. The van der Waals surface area contributed by atoms with Crippen LogP contribution in [0.2, 0.25) is 0 Å². The van der Waals surface area contributed by atoms with E-state index in [0.717, 1.165) is 28.0 Å². The topological polar surface area (TPSA) is 72.2 Å². The summed E-state index contributed by atoms with van der Waals surface area (Å²) < 4.78 is 29.3. The minimum atomic E-state index is -3.64. The van der Waals surface area contributed by atoms with Crippen LogP contribution in [-0.2, 0) is 10.0 Å². The van der Waals surface area contributed by atoms with E-state index in [0.29, 0.717) is 18.6 Å². The van der Waals surface area contributed by atoms with Gasteiger partial charge in [-0.2, -0.15) is 0 Å². The van der Waals surface area contributed by atoms with Gasteiger partial charge in [-0.3, -0.25) is 0 Å². The lowest BCUT2D eigenvalue weighted by Gasteiger charge is -2.31. The van der Waals surface area contributed by atoms with E-state index in [1.165, 1.54) is 11.3 Å². The van der Waals surface area contributed by atoms with Crippen LogP contribution in [0.4, 0.5) is 0 Å². The molecule has 1 fully saturated rings. The highest BCUT2D eigenvalue weighted by Crippen LogP contribution is 2.24. The lowest BCUT2D eigenvalue weighted by Crippen LogP contribution is -2.49. The van der Waals surface area contributed by atoms with Gasteiger partial charge in [0, 0.05) is 13.3 Å². The van der Waals surface area contributed by atoms with Crippen LogP contribution in [0, 0.1) is 12.1 Å². The van der Waals surface area contributed by atoms with E-state index in [9.17, 15) is 13.6 Å². The molecule has 0 saturated heterocycles. The molecule has 0 aliphatic heterocycles. The Bertz CT molecular complexity index is 872. The molecule has 1 N–H and O–H groups in total. The first-order valence-corrected chi connectivity index (χ1v) is 11.2. The van der Waals surface area contributed by atoms with Crippen LogP contribution >= 0.6 is 11.3 Å². The van der Waals surface area contributed by atoms with Crippen molar-refractivity contribution in [1.29, 1.82) is 0 Å². The summed E-state index contributed by atoms with van der Waals surface area (Å²) in [4.78, 5) is 1.16. The van der Waals surface area contributed by atoms with Crippen LogP contribution in [0.15, 0.2) is 46.7 Å². The van der Waals surface area contributed by atoms with Crippen molar-refractivity contribution in [1.82, 2.24) is 4.72 Å². The average molecular weight is 393 g/mol. The Kier molecular flexibility index (Phi) is 5.79. The molecule has 2 aromatic rings. The summed E-state index contributed by atoms with van der Waals surface area (Å²) in [5.41, 5.74) is 1.65. The number of nitrogens with zero attached hydrogens (tertiary/aromatic N) is 1. The second-order valence-corrected chi connectivity index (χ2v) is 9.44. The van der Waals surface area contributed by atoms with Gasteiger partial charge in [-0.05, 0) is 43.3 Å². The van der Waals surface area contributed by atoms with Crippen LogP contribution in [0.3, 0.4) is 0 Å². The van der Waals surface area contributed by atoms with Crippen LogP contribution in [-0.4, -0.2) is 31.0 Å². The highest BCUT2D eigenvalue weighted by molar-refractivity contribution is 7.89. The first-order chi connectivity index (χ1) is 12.4. The summed E-state index contributed by atoms with van der Waals surface area (Å²) >= 11 is 1.52. The van der Waals surface area contributed by atoms with Gasteiger partial charge in [0.15, 0.2) is 6.04 Å². The number of hydrogen-bond acceptors (Lipinski definition) is 4. The Morgan fingerprint density at radius 3 is 2.54 bits per heavy atom. The normalized spacial score (nSPS) is 22.1. The smallest absolute Gasteiger partial charge is 0.241 e. The number of hydrogen-bond donors (Lipinski definition) is 1. The SMILES string of the molecule is C/C(c1cccs1)=[N+](/[O-])[C@@H]1CCCC[C@H]1NS(=O)(=O)c1ccc(C)cc1. The summed E-state index contributed by atoms with van der Waals surface area (Å²) in [6.07, 6.45) is 3.22. The Morgan fingerprint density at radius 2 is 1.88 bits per heavy atom. The number of benzene rings is 1. The van der Waals surface area contributed by atoms with Gasteiger partial charge in [-0.1, -0.05) is 30.2 Å². The number of thiophene rings is 1. The van der Waals surface area contributed by atoms with Crippen LogP contribution < -0.4 is 4.72 Å². The molecule has 1 saturated carbocycles. The maximum Gasteiger partial charge on any atom is 0.241 e. The Hall–Kier alpha value is -1.70. The third kappa shape index (κ3) is 4.16. The van der Waals surface area contributed by atoms with E-state index in [-0.39, 0.29) is 17.0 Å². The number of nitrogens with one attached hydrogen (secondary N) is 1. The fourth-order valence-electron chi connectivity index (χ4n) is 3.36. The number of aryl methyl sites for hydroxylation is 1. The molecule has 1 aromatic carbocycles. The van der Waals surface area contributed by atoms with E-state index < -0.39 is 10.0 Å². The van der Waals surface area contributed by atoms with Crippen molar-refractivity contribution < 1.29 is 13.2 Å². The van der Waals surface area contributed by atoms with Gasteiger partial charge in [-0.15, -0.1) is 11.3 Å². The molecule has 1 aliphatic rings. The molecule has 7 heteroatoms. The van der Waals surface area contributed by atoms with Crippen LogP contribution in [0.5, 0.6) is 0 Å². The van der Waals surface area contributed by atoms with E-state index in [2.05, 4.69) is 4.72 Å². The molecule has 26 heavy (non-hydrogen) atoms. The molecule has 0 unspecified atom stereocenters. The van der Waals surface area contributed by atoms with Gasteiger partial charge in [0.25, 0.3) is 0 Å².